The highest BCUT2D eigenvalue weighted by atomic mass is 79.9. The van der Waals surface area contributed by atoms with Crippen LogP contribution in [-0.2, 0) is 15.8 Å². The molecule has 2 aromatic rings. The van der Waals surface area contributed by atoms with Gasteiger partial charge in [-0.05, 0) is 36.8 Å². The Morgan fingerprint density at radius 2 is 1.64 bits per heavy atom. The van der Waals surface area contributed by atoms with Crippen molar-refractivity contribution in [1.29, 1.82) is 0 Å². The second-order valence-corrected chi connectivity index (χ2v) is 6.70. The van der Waals surface area contributed by atoms with Gasteiger partial charge in [0.05, 0.1) is 11.8 Å². The Hall–Kier alpha value is -2.68. The minimum Gasteiger partial charge on any atom is -0.326 e. The number of rotatable bonds is 7. The van der Waals surface area contributed by atoms with E-state index in [1.807, 2.05) is 0 Å². The van der Waals surface area contributed by atoms with Crippen LogP contribution < -0.4 is 10.7 Å². The summed E-state index contributed by atoms with van der Waals surface area (Å²) in [6, 6.07) is 12.0. The van der Waals surface area contributed by atoms with E-state index in [1.165, 1.54) is 18.2 Å². The molecular weight excluding hydrogens is 439 g/mol. The first-order valence-corrected chi connectivity index (χ1v) is 9.08. The zero-order chi connectivity index (χ0) is 20.6. The molecule has 0 atom stereocenters. The summed E-state index contributed by atoms with van der Waals surface area (Å²) in [4.78, 5) is 23.5. The highest BCUT2D eigenvalue weighted by Crippen LogP contribution is 2.31. The topological polar surface area (TPSA) is 70.6 Å². The van der Waals surface area contributed by atoms with Gasteiger partial charge in [-0.3, -0.25) is 9.59 Å². The number of benzene rings is 2. The number of nitrogens with zero attached hydrogens (tertiary/aromatic N) is 1. The van der Waals surface area contributed by atoms with Gasteiger partial charge in [0.25, 0.3) is 0 Å². The Morgan fingerprint density at radius 3 is 2.32 bits per heavy atom. The van der Waals surface area contributed by atoms with Crippen molar-refractivity contribution >= 4 is 39.6 Å². The molecule has 5 nitrogen and oxygen atoms in total. The van der Waals surface area contributed by atoms with Crippen LogP contribution in [0.5, 0.6) is 0 Å². The fraction of sp³-hybridized carbons (Fsp3) is 0.211. The minimum absolute atomic E-state index is 0.0199. The van der Waals surface area contributed by atoms with Crippen LogP contribution in [0.1, 0.15) is 30.4 Å². The lowest BCUT2D eigenvalue weighted by molar-refractivity contribution is -0.137. The van der Waals surface area contributed by atoms with Crippen molar-refractivity contribution < 1.29 is 22.8 Å². The molecule has 0 fully saturated rings. The van der Waals surface area contributed by atoms with Crippen LogP contribution in [0.3, 0.4) is 0 Å². The van der Waals surface area contributed by atoms with Gasteiger partial charge in [0.1, 0.15) is 0 Å². The summed E-state index contributed by atoms with van der Waals surface area (Å²) >= 11 is 3.29. The Balaban J connectivity index is 1.75. The van der Waals surface area contributed by atoms with Crippen LogP contribution >= 0.6 is 15.9 Å². The quantitative estimate of drug-likeness (QED) is 0.468. The lowest BCUT2D eigenvalue weighted by Gasteiger charge is -2.09. The van der Waals surface area contributed by atoms with Crippen molar-refractivity contribution in [3.63, 3.8) is 0 Å². The number of nitrogens with one attached hydrogen (secondary N) is 2. The molecule has 0 aliphatic heterocycles. The normalized spacial score (nSPS) is 11.4. The minimum atomic E-state index is -4.51. The Morgan fingerprint density at radius 1 is 1.00 bits per heavy atom. The zero-order valence-electron chi connectivity index (χ0n) is 14.6. The number of alkyl halides is 3. The van der Waals surface area contributed by atoms with E-state index in [-0.39, 0.29) is 30.7 Å². The van der Waals surface area contributed by atoms with E-state index < -0.39 is 17.6 Å². The maximum atomic E-state index is 12.9. The van der Waals surface area contributed by atoms with Crippen LogP contribution in [0, 0.1) is 0 Å². The molecule has 2 rings (SSSR count). The lowest BCUT2D eigenvalue weighted by Crippen LogP contribution is -2.19. The van der Waals surface area contributed by atoms with Crippen LogP contribution in [-0.4, -0.2) is 18.0 Å². The van der Waals surface area contributed by atoms with E-state index in [1.54, 1.807) is 24.3 Å². The van der Waals surface area contributed by atoms with Gasteiger partial charge in [-0.1, -0.05) is 34.1 Å². The van der Waals surface area contributed by atoms with Gasteiger partial charge in [-0.15, -0.1) is 0 Å². The molecule has 0 saturated carbocycles. The number of halogens is 4. The van der Waals surface area contributed by atoms with Gasteiger partial charge in [0, 0.05) is 28.6 Å². The number of hydrogen-bond acceptors (Lipinski definition) is 3. The van der Waals surface area contributed by atoms with Gasteiger partial charge in [0.2, 0.25) is 11.8 Å². The maximum absolute atomic E-state index is 12.9. The van der Waals surface area contributed by atoms with Gasteiger partial charge in [0.15, 0.2) is 0 Å². The van der Waals surface area contributed by atoms with Gasteiger partial charge >= 0.3 is 6.18 Å². The first kappa shape index (κ1) is 21.6. The number of hydrogen-bond donors (Lipinski definition) is 2. The molecule has 0 aliphatic rings. The second-order valence-electron chi connectivity index (χ2n) is 5.79. The van der Waals surface area contributed by atoms with Crippen molar-refractivity contribution in [2.45, 2.75) is 25.4 Å². The molecule has 0 aliphatic carbocycles. The van der Waals surface area contributed by atoms with E-state index in [9.17, 15) is 22.8 Å². The summed E-state index contributed by atoms with van der Waals surface area (Å²) in [7, 11) is 0. The Bertz CT molecular complexity index is 852. The molecule has 0 saturated heterocycles. The first-order chi connectivity index (χ1) is 13.3. The number of carbonyl (C=O) groups is 2. The summed E-state index contributed by atoms with van der Waals surface area (Å²) in [6.45, 7) is 0. The average molecular weight is 456 g/mol. The van der Waals surface area contributed by atoms with Crippen molar-refractivity contribution in [3.05, 3.63) is 64.1 Å². The Kier molecular flexibility index (Phi) is 7.74. The molecule has 148 valence electrons. The van der Waals surface area contributed by atoms with Gasteiger partial charge < -0.3 is 5.32 Å². The highest BCUT2D eigenvalue weighted by molar-refractivity contribution is 9.10. The molecule has 0 heterocycles. The van der Waals surface area contributed by atoms with Crippen molar-refractivity contribution in [2.75, 3.05) is 5.32 Å². The molecule has 0 bridgehead atoms. The number of hydrazone groups is 1. The number of anilines is 1. The highest BCUT2D eigenvalue weighted by Gasteiger charge is 2.32. The summed E-state index contributed by atoms with van der Waals surface area (Å²) in [5.74, 6) is -0.727. The van der Waals surface area contributed by atoms with E-state index >= 15 is 0 Å². The largest absolute Gasteiger partial charge is 0.417 e. The average Bonchev–Trinajstić information content (AvgIpc) is 2.63. The van der Waals surface area contributed by atoms with E-state index in [0.717, 1.165) is 16.8 Å². The standard InChI is InChI=1S/C19H17BrF3N3O2/c20-14-8-10-15(11-9-14)25-17(27)6-3-7-18(28)26-24-12-13-4-1-2-5-16(13)19(21,22)23/h1-2,4-5,8-12H,3,6-7H2,(H,25,27)(H,26,28)/b24-12+. The van der Waals surface area contributed by atoms with E-state index in [4.69, 9.17) is 0 Å². The molecule has 2 N–H and O–H groups in total. The van der Waals surface area contributed by atoms with Crippen molar-refractivity contribution in [3.8, 4) is 0 Å². The smallest absolute Gasteiger partial charge is 0.326 e. The van der Waals surface area contributed by atoms with Gasteiger partial charge in [-0.2, -0.15) is 18.3 Å². The first-order valence-electron chi connectivity index (χ1n) is 8.29. The van der Waals surface area contributed by atoms with E-state index in [2.05, 4.69) is 31.8 Å². The molecular formula is C19H17BrF3N3O2. The molecule has 2 aromatic carbocycles. The summed E-state index contributed by atoms with van der Waals surface area (Å²) in [5, 5.41) is 6.26. The summed E-state index contributed by atoms with van der Waals surface area (Å²) < 4.78 is 39.5. The van der Waals surface area contributed by atoms with Crippen LogP contribution in [0.15, 0.2) is 58.1 Å². The predicted molar refractivity (Wildman–Crippen MR) is 104 cm³/mol. The fourth-order valence-corrected chi connectivity index (χ4v) is 2.53. The second kappa shape index (κ2) is 10.0. The molecule has 0 radical (unpaired) electrons. The molecule has 2 amide bonds. The third-order valence-corrected chi connectivity index (χ3v) is 4.12. The zero-order valence-corrected chi connectivity index (χ0v) is 16.2. The fourth-order valence-electron chi connectivity index (χ4n) is 2.26. The predicted octanol–water partition coefficient (Wildman–Crippen LogP) is 4.73. The third-order valence-electron chi connectivity index (χ3n) is 3.59. The molecule has 9 heteroatoms. The maximum Gasteiger partial charge on any atom is 0.417 e. The number of amides is 2. The Labute approximate surface area is 168 Å². The van der Waals surface area contributed by atoms with Crippen LogP contribution in [0.4, 0.5) is 18.9 Å². The lowest BCUT2D eigenvalue weighted by atomic mass is 10.1. The number of carbonyl (C=O) groups excluding carboxylic acids is 2. The molecule has 28 heavy (non-hydrogen) atoms. The van der Waals surface area contributed by atoms with E-state index in [0.29, 0.717) is 5.69 Å². The van der Waals surface area contributed by atoms with Crippen LogP contribution in [0.25, 0.3) is 0 Å². The van der Waals surface area contributed by atoms with Gasteiger partial charge in [-0.25, -0.2) is 5.43 Å². The van der Waals surface area contributed by atoms with Crippen molar-refractivity contribution in [2.24, 2.45) is 5.10 Å². The van der Waals surface area contributed by atoms with Crippen molar-refractivity contribution in [1.82, 2.24) is 5.43 Å². The summed E-state index contributed by atoms with van der Waals surface area (Å²) in [6.07, 6.45) is -3.13. The third kappa shape index (κ3) is 7.15. The summed E-state index contributed by atoms with van der Waals surface area (Å²) in [5.41, 5.74) is 1.83. The molecule has 0 aromatic heterocycles. The molecule has 0 unspecified atom stereocenters. The van der Waals surface area contributed by atoms with Crippen LogP contribution in [0.2, 0.25) is 0 Å². The molecule has 0 spiro atoms. The SMILES string of the molecule is O=C(CCCC(=O)Nc1ccc(Br)cc1)N/N=C/c1ccccc1C(F)(F)F. The monoisotopic (exact) mass is 455 g/mol.